The first kappa shape index (κ1) is 11.1. The zero-order valence-electron chi connectivity index (χ0n) is 10.6. The predicted octanol–water partition coefficient (Wildman–Crippen LogP) is 3.02. The number of aromatic nitrogens is 1. The van der Waals surface area contributed by atoms with Crippen LogP contribution in [0.3, 0.4) is 0 Å². The summed E-state index contributed by atoms with van der Waals surface area (Å²) in [5, 5.41) is 0. The molecule has 0 N–H and O–H groups in total. The highest BCUT2D eigenvalue weighted by Gasteiger charge is 2.13. The Morgan fingerprint density at radius 2 is 1.67 bits per heavy atom. The van der Waals surface area contributed by atoms with E-state index in [0.29, 0.717) is 6.79 Å². The van der Waals surface area contributed by atoms with Crippen molar-refractivity contribution >= 4 is 0 Å². The second-order valence-electron chi connectivity index (χ2n) is 4.62. The summed E-state index contributed by atoms with van der Waals surface area (Å²) in [5.74, 6) is 1.68. The molecule has 2 heterocycles. The zero-order valence-corrected chi connectivity index (χ0v) is 10.6. The van der Waals surface area contributed by atoms with Crippen LogP contribution in [-0.4, -0.2) is 11.8 Å². The van der Waals surface area contributed by atoms with E-state index in [0.717, 1.165) is 29.3 Å². The number of benzene rings is 1. The summed E-state index contributed by atoms with van der Waals surface area (Å²) >= 11 is 0. The third-order valence-corrected chi connectivity index (χ3v) is 2.99. The molecule has 1 aromatic heterocycles. The summed E-state index contributed by atoms with van der Waals surface area (Å²) in [6.07, 6.45) is 0.890. The molecule has 0 aliphatic carbocycles. The third-order valence-electron chi connectivity index (χ3n) is 2.99. The van der Waals surface area contributed by atoms with Crippen LogP contribution >= 0.6 is 0 Å². The minimum Gasteiger partial charge on any atom is -0.454 e. The molecule has 18 heavy (non-hydrogen) atoms. The molecule has 0 fully saturated rings. The number of nitrogens with zero attached hydrogens (tertiary/aromatic N) is 1. The SMILES string of the molecule is Cc1cc(Cc2ccc3c(c2)OCO3)cc(C)n1. The van der Waals surface area contributed by atoms with Crippen LogP contribution in [-0.2, 0) is 6.42 Å². The van der Waals surface area contributed by atoms with E-state index in [9.17, 15) is 0 Å². The molecule has 0 amide bonds. The topological polar surface area (TPSA) is 31.4 Å². The molecule has 0 bridgehead atoms. The van der Waals surface area contributed by atoms with Crippen molar-refractivity contribution in [1.29, 1.82) is 0 Å². The second-order valence-corrected chi connectivity index (χ2v) is 4.62. The molecule has 3 heteroatoms. The maximum absolute atomic E-state index is 5.39. The van der Waals surface area contributed by atoms with Crippen molar-refractivity contribution in [2.24, 2.45) is 0 Å². The third kappa shape index (κ3) is 2.16. The number of aryl methyl sites for hydroxylation is 2. The van der Waals surface area contributed by atoms with Gasteiger partial charge in [-0.25, -0.2) is 0 Å². The average Bonchev–Trinajstić information content (AvgIpc) is 2.74. The molecule has 0 radical (unpaired) electrons. The van der Waals surface area contributed by atoms with Gasteiger partial charge in [-0.2, -0.15) is 0 Å². The van der Waals surface area contributed by atoms with Crippen molar-refractivity contribution in [2.75, 3.05) is 6.79 Å². The Morgan fingerprint density at radius 1 is 0.944 bits per heavy atom. The van der Waals surface area contributed by atoms with Crippen LogP contribution in [0.5, 0.6) is 11.5 Å². The molecule has 0 unspecified atom stereocenters. The normalized spacial score (nSPS) is 12.8. The zero-order chi connectivity index (χ0) is 12.5. The van der Waals surface area contributed by atoms with Crippen LogP contribution in [0.1, 0.15) is 22.5 Å². The van der Waals surface area contributed by atoms with Gasteiger partial charge in [-0.1, -0.05) is 6.07 Å². The van der Waals surface area contributed by atoms with Gasteiger partial charge in [-0.05, 0) is 55.7 Å². The van der Waals surface area contributed by atoms with Crippen LogP contribution in [0, 0.1) is 13.8 Å². The predicted molar refractivity (Wildman–Crippen MR) is 69.1 cm³/mol. The number of hydrogen-bond donors (Lipinski definition) is 0. The summed E-state index contributed by atoms with van der Waals surface area (Å²) in [4.78, 5) is 4.39. The molecule has 0 saturated heterocycles. The van der Waals surface area contributed by atoms with E-state index in [4.69, 9.17) is 9.47 Å². The molecule has 92 valence electrons. The van der Waals surface area contributed by atoms with Gasteiger partial charge >= 0.3 is 0 Å². The van der Waals surface area contributed by atoms with E-state index in [1.54, 1.807) is 0 Å². The number of pyridine rings is 1. The Balaban J connectivity index is 1.88. The maximum atomic E-state index is 5.39. The van der Waals surface area contributed by atoms with Crippen LogP contribution in [0.15, 0.2) is 30.3 Å². The molecule has 1 aliphatic heterocycles. The van der Waals surface area contributed by atoms with E-state index in [-0.39, 0.29) is 0 Å². The lowest BCUT2D eigenvalue weighted by Gasteiger charge is -2.05. The van der Waals surface area contributed by atoms with Gasteiger partial charge in [0.15, 0.2) is 11.5 Å². The summed E-state index contributed by atoms with van der Waals surface area (Å²) in [6, 6.07) is 10.3. The summed E-state index contributed by atoms with van der Waals surface area (Å²) in [7, 11) is 0. The van der Waals surface area contributed by atoms with E-state index >= 15 is 0 Å². The summed E-state index contributed by atoms with van der Waals surface area (Å²) in [5.41, 5.74) is 4.62. The number of hydrogen-bond acceptors (Lipinski definition) is 3. The van der Waals surface area contributed by atoms with E-state index in [1.807, 2.05) is 26.0 Å². The van der Waals surface area contributed by atoms with Gasteiger partial charge in [0, 0.05) is 11.4 Å². The number of rotatable bonds is 2. The van der Waals surface area contributed by atoms with Crippen LogP contribution in [0.25, 0.3) is 0 Å². The van der Waals surface area contributed by atoms with Crippen molar-refractivity contribution in [1.82, 2.24) is 4.98 Å². The van der Waals surface area contributed by atoms with Crippen molar-refractivity contribution in [3.63, 3.8) is 0 Å². The Kier molecular flexibility index (Phi) is 2.67. The van der Waals surface area contributed by atoms with Gasteiger partial charge in [0.05, 0.1) is 0 Å². The van der Waals surface area contributed by atoms with Crippen LogP contribution in [0.4, 0.5) is 0 Å². The lowest BCUT2D eigenvalue weighted by atomic mass is 10.0. The Labute approximate surface area is 106 Å². The molecule has 3 rings (SSSR count). The first-order valence-electron chi connectivity index (χ1n) is 6.03. The summed E-state index contributed by atoms with van der Waals surface area (Å²) < 4.78 is 10.7. The van der Waals surface area contributed by atoms with Crippen molar-refractivity contribution in [2.45, 2.75) is 20.3 Å². The van der Waals surface area contributed by atoms with Gasteiger partial charge in [0.25, 0.3) is 0 Å². The highest BCUT2D eigenvalue weighted by Crippen LogP contribution is 2.33. The van der Waals surface area contributed by atoms with Gasteiger partial charge in [-0.3, -0.25) is 4.98 Å². The Hall–Kier alpha value is -2.03. The second kappa shape index (κ2) is 4.33. The van der Waals surface area contributed by atoms with Crippen molar-refractivity contribution in [3.8, 4) is 11.5 Å². The van der Waals surface area contributed by atoms with Gasteiger partial charge in [-0.15, -0.1) is 0 Å². The highest BCUT2D eigenvalue weighted by atomic mass is 16.7. The fourth-order valence-electron chi connectivity index (χ4n) is 2.31. The largest absolute Gasteiger partial charge is 0.454 e. The number of fused-ring (bicyclic) bond motifs is 1. The molecular formula is C15H15NO2. The van der Waals surface area contributed by atoms with Gasteiger partial charge < -0.3 is 9.47 Å². The van der Waals surface area contributed by atoms with Crippen molar-refractivity contribution < 1.29 is 9.47 Å². The minimum absolute atomic E-state index is 0.326. The fourth-order valence-corrected chi connectivity index (χ4v) is 2.31. The summed E-state index contributed by atoms with van der Waals surface area (Å²) in [6.45, 7) is 4.37. The van der Waals surface area contributed by atoms with Gasteiger partial charge in [0.1, 0.15) is 0 Å². The first-order chi connectivity index (χ1) is 8.70. The molecule has 0 spiro atoms. The van der Waals surface area contributed by atoms with Crippen LogP contribution in [0.2, 0.25) is 0 Å². The molecule has 1 aromatic carbocycles. The quantitative estimate of drug-likeness (QED) is 0.810. The first-order valence-corrected chi connectivity index (χ1v) is 6.03. The minimum atomic E-state index is 0.326. The smallest absolute Gasteiger partial charge is 0.231 e. The molecule has 0 saturated carbocycles. The van der Waals surface area contributed by atoms with Gasteiger partial charge in [0.2, 0.25) is 6.79 Å². The monoisotopic (exact) mass is 241 g/mol. The fraction of sp³-hybridized carbons (Fsp3) is 0.267. The van der Waals surface area contributed by atoms with E-state index < -0.39 is 0 Å². The average molecular weight is 241 g/mol. The molecule has 2 aromatic rings. The lowest BCUT2D eigenvalue weighted by molar-refractivity contribution is 0.174. The Bertz CT molecular complexity index is 573. The maximum Gasteiger partial charge on any atom is 0.231 e. The number of ether oxygens (including phenoxy) is 2. The van der Waals surface area contributed by atoms with E-state index in [2.05, 4.69) is 23.2 Å². The molecule has 3 nitrogen and oxygen atoms in total. The highest BCUT2D eigenvalue weighted by molar-refractivity contribution is 5.45. The molecule has 1 aliphatic rings. The van der Waals surface area contributed by atoms with E-state index in [1.165, 1.54) is 11.1 Å². The van der Waals surface area contributed by atoms with Crippen molar-refractivity contribution in [3.05, 3.63) is 52.8 Å². The standard InChI is InChI=1S/C15H15NO2/c1-10-5-13(6-11(2)16-10)7-12-3-4-14-15(8-12)18-9-17-14/h3-6,8H,7,9H2,1-2H3. The lowest BCUT2D eigenvalue weighted by Crippen LogP contribution is -1.94. The van der Waals surface area contributed by atoms with Crippen LogP contribution < -0.4 is 9.47 Å². The Morgan fingerprint density at radius 3 is 2.44 bits per heavy atom. The molecular weight excluding hydrogens is 226 g/mol. The molecule has 0 atom stereocenters.